The molecule has 0 saturated carbocycles. The van der Waals surface area contributed by atoms with Crippen molar-refractivity contribution in [1.29, 1.82) is 0 Å². The van der Waals surface area contributed by atoms with Crippen LogP contribution >= 0.6 is 0 Å². The van der Waals surface area contributed by atoms with Gasteiger partial charge >= 0.3 is 6.09 Å². The highest BCUT2D eigenvalue weighted by atomic mass is 16.6. The molecule has 0 bridgehead atoms. The third-order valence-corrected chi connectivity index (χ3v) is 2.56. The molecule has 0 unspecified atom stereocenters. The zero-order valence-electron chi connectivity index (χ0n) is 12.3. The zero-order valence-corrected chi connectivity index (χ0v) is 12.3. The zero-order chi connectivity index (χ0) is 15.3. The number of carbonyl (C=O) groups excluding carboxylic acids is 2. The summed E-state index contributed by atoms with van der Waals surface area (Å²) in [6, 6.07) is 5.38. The molecule has 0 fully saturated rings. The van der Waals surface area contributed by atoms with Gasteiger partial charge in [0, 0.05) is 6.42 Å². The van der Waals surface area contributed by atoms with Gasteiger partial charge < -0.3 is 15.2 Å². The van der Waals surface area contributed by atoms with Gasteiger partial charge in [-0.05, 0) is 38.5 Å². The van der Waals surface area contributed by atoms with E-state index in [9.17, 15) is 14.7 Å². The van der Waals surface area contributed by atoms with Crippen LogP contribution in [0.5, 0.6) is 5.75 Å². The van der Waals surface area contributed by atoms with Gasteiger partial charge in [0.05, 0.1) is 0 Å². The lowest BCUT2D eigenvalue weighted by Gasteiger charge is -2.23. The minimum absolute atomic E-state index is 0.105. The molecule has 1 aromatic rings. The molecule has 0 radical (unpaired) electrons. The van der Waals surface area contributed by atoms with Crippen molar-refractivity contribution in [2.75, 3.05) is 0 Å². The van der Waals surface area contributed by atoms with Crippen molar-refractivity contribution >= 4 is 11.9 Å². The number of Topliss-reactive ketones (excluding diaryl/α,β-unsaturated/α-hetero) is 1. The fourth-order valence-corrected chi connectivity index (χ4v) is 1.65. The molecule has 0 aliphatic heterocycles. The first-order chi connectivity index (χ1) is 9.23. The van der Waals surface area contributed by atoms with Gasteiger partial charge in [0.15, 0.2) is 5.78 Å². The van der Waals surface area contributed by atoms with Crippen molar-refractivity contribution < 1.29 is 19.4 Å². The molecule has 0 aliphatic carbocycles. The molecule has 1 aromatic carbocycles. The second kappa shape index (κ2) is 6.41. The monoisotopic (exact) mass is 279 g/mol. The molecule has 2 N–H and O–H groups in total. The van der Waals surface area contributed by atoms with Crippen LogP contribution in [-0.4, -0.2) is 22.6 Å². The molecule has 0 saturated heterocycles. The van der Waals surface area contributed by atoms with Gasteiger partial charge in [0.1, 0.15) is 17.4 Å². The summed E-state index contributed by atoms with van der Waals surface area (Å²) in [4.78, 5) is 23.8. The molecule has 0 aliphatic rings. The molecule has 1 atom stereocenters. The number of alkyl carbamates (subject to hydrolysis) is 1. The van der Waals surface area contributed by atoms with Crippen LogP contribution in [0.1, 0.15) is 45.7 Å². The normalized spacial score (nSPS) is 12.6. The maximum Gasteiger partial charge on any atom is 0.408 e. The fraction of sp³-hybridized carbons (Fsp3) is 0.467. The number of ether oxygens (including phenoxy) is 1. The maximum absolute atomic E-state index is 12.0. The Morgan fingerprint density at radius 3 is 2.25 bits per heavy atom. The van der Waals surface area contributed by atoms with E-state index in [1.54, 1.807) is 39.8 Å². The number of ketones is 1. The maximum atomic E-state index is 12.0. The Balaban J connectivity index is 2.88. The first-order valence-corrected chi connectivity index (χ1v) is 6.54. The van der Waals surface area contributed by atoms with E-state index in [-0.39, 0.29) is 11.5 Å². The van der Waals surface area contributed by atoms with Gasteiger partial charge in [0.25, 0.3) is 0 Å². The molecule has 110 valence electrons. The summed E-state index contributed by atoms with van der Waals surface area (Å²) in [7, 11) is 0. The largest absolute Gasteiger partial charge is 0.508 e. The van der Waals surface area contributed by atoms with Gasteiger partial charge in [-0.25, -0.2) is 4.79 Å². The van der Waals surface area contributed by atoms with E-state index < -0.39 is 17.7 Å². The molecule has 0 heterocycles. The molecule has 0 aromatic heterocycles. The van der Waals surface area contributed by atoms with Gasteiger partial charge in [-0.15, -0.1) is 0 Å². The number of phenols is 1. The van der Waals surface area contributed by atoms with Crippen LogP contribution in [0.3, 0.4) is 0 Å². The topological polar surface area (TPSA) is 75.6 Å². The van der Waals surface area contributed by atoms with Gasteiger partial charge in [0.2, 0.25) is 0 Å². The molecular formula is C15H21NO4. The lowest BCUT2D eigenvalue weighted by molar-refractivity contribution is -0.121. The SMILES string of the molecule is CCC(=O)[C@@H](NC(=O)OC(C)(C)C)c1ccc(O)cc1. The van der Waals surface area contributed by atoms with Crippen LogP contribution in [0, 0.1) is 0 Å². The van der Waals surface area contributed by atoms with Gasteiger partial charge in [-0.3, -0.25) is 4.79 Å². The third-order valence-electron chi connectivity index (χ3n) is 2.56. The summed E-state index contributed by atoms with van der Waals surface area (Å²) in [5, 5.41) is 11.8. The van der Waals surface area contributed by atoms with Crippen molar-refractivity contribution in [3.05, 3.63) is 29.8 Å². The number of hydrogen-bond acceptors (Lipinski definition) is 4. The first-order valence-electron chi connectivity index (χ1n) is 6.54. The average molecular weight is 279 g/mol. The molecule has 5 heteroatoms. The Morgan fingerprint density at radius 2 is 1.80 bits per heavy atom. The smallest absolute Gasteiger partial charge is 0.408 e. The standard InChI is InChI=1S/C15H21NO4/c1-5-12(18)13(10-6-8-11(17)9-7-10)16-14(19)20-15(2,3)4/h6-9,13,17H,5H2,1-4H3,(H,16,19)/t13-/m0/s1. The number of amides is 1. The van der Waals surface area contributed by atoms with Crippen LogP contribution in [0.4, 0.5) is 4.79 Å². The summed E-state index contributed by atoms with van der Waals surface area (Å²) in [5.41, 5.74) is -0.0146. The first kappa shape index (κ1) is 16.0. The highest BCUT2D eigenvalue weighted by Crippen LogP contribution is 2.19. The Labute approximate surface area is 118 Å². The van der Waals surface area contributed by atoms with Crippen molar-refractivity contribution in [2.45, 2.75) is 45.8 Å². The number of aromatic hydroxyl groups is 1. The number of phenolic OH excluding ortho intramolecular Hbond substituents is 1. The molecule has 1 amide bonds. The van der Waals surface area contributed by atoms with Gasteiger partial charge in [-0.1, -0.05) is 19.1 Å². The van der Waals surface area contributed by atoms with Crippen LogP contribution in [-0.2, 0) is 9.53 Å². The van der Waals surface area contributed by atoms with Crippen molar-refractivity contribution in [3.63, 3.8) is 0 Å². The van der Waals surface area contributed by atoms with Gasteiger partial charge in [-0.2, -0.15) is 0 Å². The summed E-state index contributed by atoms with van der Waals surface area (Å²) in [5.74, 6) is -0.0183. The fourth-order valence-electron chi connectivity index (χ4n) is 1.65. The van der Waals surface area contributed by atoms with Crippen molar-refractivity contribution in [3.8, 4) is 5.75 Å². The molecular weight excluding hydrogens is 258 g/mol. The van der Waals surface area contributed by atoms with E-state index in [0.717, 1.165) is 0 Å². The third kappa shape index (κ3) is 4.91. The summed E-state index contributed by atoms with van der Waals surface area (Å²) >= 11 is 0. The van der Waals surface area contributed by atoms with E-state index in [4.69, 9.17) is 4.74 Å². The van der Waals surface area contributed by atoms with Crippen LogP contribution in [0.15, 0.2) is 24.3 Å². The molecule has 5 nitrogen and oxygen atoms in total. The predicted molar refractivity (Wildman–Crippen MR) is 75.5 cm³/mol. The van der Waals surface area contributed by atoms with E-state index in [0.29, 0.717) is 12.0 Å². The van der Waals surface area contributed by atoms with E-state index in [1.807, 2.05) is 0 Å². The predicted octanol–water partition coefficient (Wildman–Crippen LogP) is 2.94. The average Bonchev–Trinajstić information content (AvgIpc) is 2.34. The summed E-state index contributed by atoms with van der Waals surface area (Å²) in [6.07, 6.45) is -0.348. The quantitative estimate of drug-likeness (QED) is 0.888. The number of benzene rings is 1. The van der Waals surface area contributed by atoms with E-state index in [2.05, 4.69) is 5.32 Å². The van der Waals surface area contributed by atoms with Crippen LogP contribution in [0.2, 0.25) is 0 Å². The number of hydrogen-bond donors (Lipinski definition) is 2. The Morgan fingerprint density at radius 1 is 1.25 bits per heavy atom. The minimum Gasteiger partial charge on any atom is -0.508 e. The summed E-state index contributed by atoms with van der Waals surface area (Å²) < 4.78 is 5.16. The van der Waals surface area contributed by atoms with Crippen LogP contribution < -0.4 is 5.32 Å². The lowest BCUT2D eigenvalue weighted by atomic mass is 10.0. The highest BCUT2D eigenvalue weighted by Gasteiger charge is 2.24. The Hall–Kier alpha value is -2.04. The second-order valence-electron chi connectivity index (χ2n) is 5.49. The molecule has 0 spiro atoms. The Kier molecular flexibility index (Phi) is 5.13. The Bertz CT molecular complexity index is 474. The number of nitrogens with one attached hydrogen (secondary N) is 1. The second-order valence-corrected chi connectivity index (χ2v) is 5.49. The minimum atomic E-state index is -0.768. The van der Waals surface area contributed by atoms with E-state index in [1.165, 1.54) is 12.1 Å². The van der Waals surface area contributed by atoms with Crippen LogP contribution in [0.25, 0.3) is 0 Å². The molecule has 1 rings (SSSR count). The summed E-state index contributed by atoms with van der Waals surface area (Å²) in [6.45, 7) is 6.99. The van der Waals surface area contributed by atoms with E-state index >= 15 is 0 Å². The van der Waals surface area contributed by atoms with Crippen molar-refractivity contribution in [2.24, 2.45) is 0 Å². The highest BCUT2D eigenvalue weighted by molar-refractivity contribution is 5.88. The molecule has 20 heavy (non-hydrogen) atoms. The lowest BCUT2D eigenvalue weighted by Crippen LogP contribution is -2.37. The van der Waals surface area contributed by atoms with Crippen molar-refractivity contribution in [1.82, 2.24) is 5.32 Å². The number of rotatable bonds is 4. The number of carbonyl (C=O) groups is 2.